The Hall–Kier alpha value is -2.80. The predicted molar refractivity (Wildman–Crippen MR) is 133 cm³/mol. The molecule has 2 N–H and O–H groups in total. The molecule has 0 radical (unpaired) electrons. The first kappa shape index (κ1) is 24.3. The summed E-state index contributed by atoms with van der Waals surface area (Å²) in [5.41, 5.74) is 3.99. The molecule has 2 heterocycles. The molecule has 1 unspecified atom stereocenters. The van der Waals surface area contributed by atoms with Crippen LogP contribution in [-0.2, 0) is 9.59 Å². The lowest BCUT2D eigenvalue weighted by Gasteiger charge is -2.35. The molecule has 7 nitrogen and oxygen atoms in total. The molecule has 2 aliphatic rings. The summed E-state index contributed by atoms with van der Waals surface area (Å²) in [7, 11) is 1.76. The number of nitrogens with zero attached hydrogens (tertiary/aromatic N) is 3. The van der Waals surface area contributed by atoms with E-state index in [1.165, 1.54) is 6.42 Å². The lowest BCUT2D eigenvalue weighted by molar-refractivity contribution is -0.139. The number of carbonyl (C=O) groups is 2. The van der Waals surface area contributed by atoms with E-state index >= 15 is 0 Å². The van der Waals surface area contributed by atoms with Gasteiger partial charge in [0.05, 0.1) is 23.5 Å². The highest BCUT2D eigenvalue weighted by Crippen LogP contribution is 2.35. The van der Waals surface area contributed by atoms with Crippen LogP contribution in [0.4, 0.5) is 0 Å². The average Bonchev–Trinajstić information content (AvgIpc) is 3.37. The van der Waals surface area contributed by atoms with Crippen LogP contribution in [0.2, 0.25) is 0 Å². The van der Waals surface area contributed by atoms with Crippen molar-refractivity contribution in [2.45, 2.75) is 76.9 Å². The smallest absolute Gasteiger partial charge is 0.246 e. The van der Waals surface area contributed by atoms with Gasteiger partial charge in [0, 0.05) is 12.1 Å². The van der Waals surface area contributed by atoms with Crippen molar-refractivity contribution in [2.75, 3.05) is 13.6 Å². The highest BCUT2D eigenvalue weighted by Gasteiger charge is 2.39. The molecule has 182 valence electrons. The van der Waals surface area contributed by atoms with Crippen molar-refractivity contribution in [3.63, 3.8) is 0 Å². The number of nitrogens with one attached hydrogen (secondary N) is 2. The maximum absolute atomic E-state index is 13.9. The van der Waals surface area contributed by atoms with Gasteiger partial charge in [0.25, 0.3) is 0 Å². The summed E-state index contributed by atoms with van der Waals surface area (Å²) in [4.78, 5) is 37.7. The molecule has 1 saturated heterocycles. The fourth-order valence-corrected chi connectivity index (χ4v) is 5.34. The monoisotopic (exact) mass is 463 g/mol. The van der Waals surface area contributed by atoms with E-state index in [-0.39, 0.29) is 29.8 Å². The van der Waals surface area contributed by atoms with Crippen molar-refractivity contribution in [1.29, 1.82) is 0 Å². The van der Waals surface area contributed by atoms with Gasteiger partial charge >= 0.3 is 0 Å². The molecule has 1 aromatic heterocycles. The molecule has 1 aliphatic carbocycles. The van der Waals surface area contributed by atoms with Crippen LogP contribution in [0.15, 0.2) is 36.7 Å². The summed E-state index contributed by atoms with van der Waals surface area (Å²) >= 11 is 0. The molecular formula is C27H37N5O2. The quantitative estimate of drug-likeness (QED) is 0.652. The summed E-state index contributed by atoms with van der Waals surface area (Å²) in [6.45, 7) is 4.59. The van der Waals surface area contributed by atoms with Crippen LogP contribution in [-0.4, -0.2) is 52.4 Å². The average molecular weight is 464 g/mol. The molecule has 0 spiro atoms. The van der Waals surface area contributed by atoms with E-state index in [0.29, 0.717) is 6.54 Å². The number of likely N-dealkylation sites (tertiary alicyclic amines) is 1. The number of amides is 2. The Balaban J connectivity index is 1.59. The van der Waals surface area contributed by atoms with E-state index in [9.17, 15) is 9.59 Å². The van der Waals surface area contributed by atoms with Gasteiger partial charge in [0.1, 0.15) is 12.4 Å². The van der Waals surface area contributed by atoms with Crippen molar-refractivity contribution in [3.05, 3.63) is 47.9 Å². The summed E-state index contributed by atoms with van der Waals surface area (Å²) in [6.07, 6.45) is 8.79. The van der Waals surface area contributed by atoms with Gasteiger partial charge in [-0.1, -0.05) is 43.5 Å². The molecule has 1 aromatic carbocycles. The first-order chi connectivity index (χ1) is 16.5. The molecule has 0 bridgehead atoms. The lowest BCUT2D eigenvalue weighted by atomic mass is 9.83. The minimum Gasteiger partial charge on any atom is -0.343 e. The Bertz CT molecular complexity index is 1000. The van der Waals surface area contributed by atoms with Crippen LogP contribution in [0.25, 0.3) is 11.3 Å². The molecule has 7 heteroatoms. The van der Waals surface area contributed by atoms with Crippen LogP contribution < -0.4 is 10.6 Å². The van der Waals surface area contributed by atoms with Crippen molar-refractivity contribution in [1.82, 2.24) is 25.5 Å². The topological polar surface area (TPSA) is 87.2 Å². The number of hydrogen-bond acceptors (Lipinski definition) is 5. The standard InChI is InChI=1S/C27H37N5O2/c1-18-10-7-8-13-21(18)22-16-23(30-17-29-22)24-14-9-15-32(24)27(34)25(20-11-5-4-6-12-20)31-26(33)19(2)28-3/h7-8,10,13,16-17,19-20,24-25,28H,4-6,9,11-12,14-15H2,1-3H3,(H,31,33)/t19?,24-,25-/m0/s1. The normalized spacial score (nSPS) is 20.7. The van der Waals surface area contributed by atoms with Gasteiger partial charge in [-0.2, -0.15) is 0 Å². The second-order valence-corrected chi connectivity index (χ2v) is 9.73. The van der Waals surface area contributed by atoms with E-state index in [4.69, 9.17) is 0 Å². The predicted octanol–water partition coefficient (Wildman–Crippen LogP) is 3.79. The lowest BCUT2D eigenvalue weighted by Crippen LogP contribution is -2.55. The Morgan fingerprint density at radius 3 is 2.56 bits per heavy atom. The van der Waals surface area contributed by atoms with Crippen molar-refractivity contribution >= 4 is 11.8 Å². The number of hydrogen-bond donors (Lipinski definition) is 2. The van der Waals surface area contributed by atoms with Gasteiger partial charge in [0.15, 0.2) is 0 Å². The minimum atomic E-state index is -0.484. The second kappa shape index (κ2) is 11.1. The number of aromatic nitrogens is 2. The van der Waals surface area contributed by atoms with Crippen LogP contribution in [0.1, 0.15) is 69.2 Å². The fraction of sp³-hybridized carbons (Fsp3) is 0.556. The molecule has 34 heavy (non-hydrogen) atoms. The Kier molecular flexibility index (Phi) is 7.93. The van der Waals surface area contributed by atoms with Crippen molar-refractivity contribution in [2.24, 2.45) is 5.92 Å². The van der Waals surface area contributed by atoms with E-state index in [0.717, 1.165) is 61.0 Å². The Morgan fingerprint density at radius 2 is 1.82 bits per heavy atom. The number of carbonyl (C=O) groups excluding carboxylic acids is 2. The van der Waals surface area contributed by atoms with Crippen LogP contribution in [0, 0.1) is 12.8 Å². The van der Waals surface area contributed by atoms with Gasteiger partial charge in [-0.3, -0.25) is 9.59 Å². The molecule has 2 aromatic rings. The van der Waals surface area contributed by atoms with Gasteiger partial charge in [-0.05, 0) is 64.1 Å². The number of benzene rings is 1. The van der Waals surface area contributed by atoms with E-state index < -0.39 is 6.04 Å². The van der Waals surface area contributed by atoms with Gasteiger partial charge in [-0.15, -0.1) is 0 Å². The first-order valence-corrected chi connectivity index (χ1v) is 12.7. The summed E-state index contributed by atoms with van der Waals surface area (Å²) in [5, 5.41) is 6.09. The number of rotatable bonds is 7. The van der Waals surface area contributed by atoms with Crippen LogP contribution in [0.5, 0.6) is 0 Å². The van der Waals surface area contributed by atoms with Crippen LogP contribution >= 0.6 is 0 Å². The van der Waals surface area contributed by atoms with Gasteiger partial charge in [0.2, 0.25) is 11.8 Å². The fourth-order valence-electron chi connectivity index (χ4n) is 5.34. The second-order valence-electron chi connectivity index (χ2n) is 9.73. The largest absolute Gasteiger partial charge is 0.343 e. The molecule has 1 aliphatic heterocycles. The summed E-state index contributed by atoms with van der Waals surface area (Å²) < 4.78 is 0. The van der Waals surface area contributed by atoms with E-state index in [2.05, 4.69) is 39.7 Å². The van der Waals surface area contributed by atoms with Crippen molar-refractivity contribution in [3.8, 4) is 11.3 Å². The molecule has 3 atom stereocenters. The van der Waals surface area contributed by atoms with E-state index in [1.54, 1.807) is 13.4 Å². The third kappa shape index (κ3) is 5.30. The maximum atomic E-state index is 13.9. The number of likely N-dealkylation sites (N-methyl/N-ethyl adjacent to an activating group) is 1. The molecule has 2 amide bonds. The molecule has 1 saturated carbocycles. The van der Waals surface area contributed by atoms with Crippen molar-refractivity contribution < 1.29 is 9.59 Å². The zero-order chi connectivity index (χ0) is 24.1. The number of aryl methyl sites for hydroxylation is 1. The third-order valence-electron chi connectivity index (χ3n) is 7.50. The minimum absolute atomic E-state index is 0.0297. The maximum Gasteiger partial charge on any atom is 0.246 e. The summed E-state index contributed by atoms with van der Waals surface area (Å²) in [5.74, 6) is 0.0941. The third-order valence-corrected chi connectivity index (χ3v) is 7.50. The zero-order valence-electron chi connectivity index (χ0n) is 20.6. The van der Waals surface area contributed by atoms with Gasteiger partial charge in [-0.25, -0.2) is 9.97 Å². The first-order valence-electron chi connectivity index (χ1n) is 12.7. The van der Waals surface area contributed by atoms with Gasteiger partial charge < -0.3 is 15.5 Å². The van der Waals surface area contributed by atoms with Crippen LogP contribution in [0.3, 0.4) is 0 Å². The Morgan fingerprint density at radius 1 is 1.06 bits per heavy atom. The molecular weight excluding hydrogens is 426 g/mol. The zero-order valence-corrected chi connectivity index (χ0v) is 20.6. The molecule has 2 fully saturated rings. The SMILES string of the molecule is CNC(C)C(=O)N[C@H](C(=O)N1CCC[C@H]1c1cc(-c2ccccc2C)ncn1)C1CCCCC1. The van der Waals surface area contributed by atoms with E-state index in [1.807, 2.05) is 30.0 Å². The summed E-state index contributed by atoms with van der Waals surface area (Å²) in [6, 6.07) is 9.28. The Labute approximate surface area is 202 Å². The highest BCUT2D eigenvalue weighted by molar-refractivity contribution is 5.90. The molecule has 4 rings (SSSR count). The highest BCUT2D eigenvalue weighted by atomic mass is 16.2.